The van der Waals surface area contributed by atoms with E-state index in [1.54, 1.807) is 65.5 Å². The number of allylic oxidation sites excluding steroid dienone is 1. The summed E-state index contributed by atoms with van der Waals surface area (Å²) in [5.74, 6) is 0.392. The van der Waals surface area contributed by atoms with E-state index in [4.69, 9.17) is 25.5 Å². The molecule has 0 atom stereocenters. The molecule has 0 spiro atoms. The summed E-state index contributed by atoms with van der Waals surface area (Å²) < 4.78 is 16.4. The van der Waals surface area contributed by atoms with E-state index in [0.29, 0.717) is 48.9 Å². The Morgan fingerprint density at radius 2 is 2.08 bits per heavy atom. The van der Waals surface area contributed by atoms with Gasteiger partial charge in [-0.25, -0.2) is 14.8 Å². The molecule has 1 N–H and O–H groups in total. The number of hydrogen-bond acceptors (Lipinski definition) is 10. The molecule has 39 heavy (non-hydrogen) atoms. The molecule has 3 aromatic heterocycles. The topological polar surface area (TPSA) is 127 Å². The van der Waals surface area contributed by atoms with E-state index in [1.807, 2.05) is 0 Å². The third kappa shape index (κ3) is 5.99. The van der Waals surface area contributed by atoms with Gasteiger partial charge in [-0.2, -0.15) is 5.26 Å². The van der Waals surface area contributed by atoms with Gasteiger partial charge >= 0.3 is 5.63 Å². The number of ether oxygens (including phenoxy) is 2. The van der Waals surface area contributed by atoms with Crippen molar-refractivity contribution in [3.63, 3.8) is 0 Å². The lowest BCUT2D eigenvalue weighted by molar-refractivity contribution is -0.118. The predicted molar refractivity (Wildman–Crippen MR) is 151 cm³/mol. The number of rotatable bonds is 8. The SMILES string of the molecule is COc1cc(/C=C(\C#N)c2nc(-c3cc4cc(Cl)ccc4oc3=O)cs2)ccc1OCC(=O)Nc1nccs1. The van der Waals surface area contributed by atoms with Crippen molar-refractivity contribution in [1.29, 1.82) is 5.26 Å². The fourth-order valence-electron chi connectivity index (χ4n) is 3.58. The molecule has 2 aromatic carbocycles. The van der Waals surface area contributed by atoms with E-state index < -0.39 is 5.63 Å². The molecule has 0 aliphatic carbocycles. The summed E-state index contributed by atoms with van der Waals surface area (Å²) in [5, 5.41) is 18.0. The van der Waals surface area contributed by atoms with Crippen molar-refractivity contribution >= 4 is 67.9 Å². The largest absolute Gasteiger partial charge is 0.493 e. The molecule has 9 nitrogen and oxygen atoms in total. The zero-order chi connectivity index (χ0) is 27.4. The minimum absolute atomic E-state index is 0.231. The Bertz CT molecular complexity index is 1810. The molecule has 0 saturated carbocycles. The summed E-state index contributed by atoms with van der Waals surface area (Å²) in [6.07, 6.45) is 3.24. The monoisotopic (exact) mass is 576 g/mol. The minimum Gasteiger partial charge on any atom is -0.493 e. The number of thiazole rings is 2. The first-order valence-corrected chi connectivity index (χ1v) is 13.4. The normalized spacial score (nSPS) is 11.3. The summed E-state index contributed by atoms with van der Waals surface area (Å²) >= 11 is 8.60. The van der Waals surface area contributed by atoms with Crippen molar-refractivity contribution in [3.05, 3.63) is 85.4 Å². The number of carbonyl (C=O) groups excluding carboxylic acids is 1. The molecule has 0 bridgehead atoms. The number of nitrogens with one attached hydrogen (secondary N) is 1. The Labute approximate surface area is 234 Å². The zero-order valence-electron chi connectivity index (χ0n) is 20.1. The lowest BCUT2D eigenvalue weighted by atomic mass is 10.1. The van der Waals surface area contributed by atoms with Gasteiger partial charge in [-0.05, 0) is 48.0 Å². The van der Waals surface area contributed by atoms with E-state index in [9.17, 15) is 14.9 Å². The number of halogens is 1. The molecular formula is C27H17ClN4O5S2. The third-order valence-electron chi connectivity index (χ3n) is 5.36. The number of nitriles is 1. The Hall–Kier alpha value is -4.50. The van der Waals surface area contributed by atoms with Crippen LogP contribution < -0.4 is 20.4 Å². The average Bonchev–Trinajstić information content (AvgIpc) is 3.63. The molecule has 0 aliphatic rings. The van der Waals surface area contributed by atoms with E-state index in [1.165, 1.54) is 29.8 Å². The van der Waals surface area contributed by atoms with Crippen LogP contribution in [0, 0.1) is 11.3 Å². The van der Waals surface area contributed by atoms with Crippen LogP contribution in [-0.2, 0) is 4.79 Å². The van der Waals surface area contributed by atoms with Gasteiger partial charge in [0.15, 0.2) is 23.2 Å². The molecule has 0 radical (unpaired) electrons. The van der Waals surface area contributed by atoms with Crippen LogP contribution in [0.5, 0.6) is 11.5 Å². The second-order valence-corrected chi connectivity index (χ2v) is 10.1. The molecule has 12 heteroatoms. The first kappa shape index (κ1) is 26.1. The molecule has 5 aromatic rings. The first-order chi connectivity index (χ1) is 18.9. The maximum atomic E-state index is 12.6. The van der Waals surface area contributed by atoms with Crippen LogP contribution in [-0.4, -0.2) is 29.6 Å². The van der Waals surface area contributed by atoms with Gasteiger partial charge in [0.25, 0.3) is 5.91 Å². The van der Waals surface area contributed by atoms with Gasteiger partial charge < -0.3 is 13.9 Å². The van der Waals surface area contributed by atoms with Crippen molar-refractivity contribution in [2.75, 3.05) is 19.0 Å². The first-order valence-electron chi connectivity index (χ1n) is 11.2. The van der Waals surface area contributed by atoms with Crippen LogP contribution in [0.25, 0.3) is 33.9 Å². The fraction of sp³-hybridized carbons (Fsp3) is 0.0741. The third-order valence-corrected chi connectivity index (χ3v) is 7.16. The molecule has 1 amide bonds. The van der Waals surface area contributed by atoms with Crippen molar-refractivity contribution in [2.24, 2.45) is 0 Å². The smallest absolute Gasteiger partial charge is 0.345 e. The molecule has 0 aliphatic heterocycles. The van der Waals surface area contributed by atoms with Crippen molar-refractivity contribution in [1.82, 2.24) is 9.97 Å². The molecule has 0 saturated heterocycles. The van der Waals surface area contributed by atoms with Crippen molar-refractivity contribution < 1.29 is 18.7 Å². The lowest BCUT2D eigenvalue weighted by Gasteiger charge is -2.11. The van der Waals surface area contributed by atoms with Crippen LogP contribution in [0.15, 0.2) is 68.6 Å². The van der Waals surface area contributed by atoms with Gasteiger partial charge in [0.2, 0.25) is 0 Å². The Morgan fingerprint density at radius 1 is 1.21 bits per heavy atom. The predicted octanol–water partition coefficient (Wildman–Crippen LogP) is 6.12. The van der Waals surface area contributed by atoms with E-state index in [2.05, 4.69) is 21.4 Å². The highest BCUT2D eigenvalue weighted by Crippen LogP contribution is 2.32. The van der Waals surface area contributed by atoms with Gasteiger partial charge in [0, 0.05) is 27.4 Å². The standard InChI is InChI=1S/C27H17ClN4O5S2/c1-35-23-9-15(2-4-22(23)36-13-24(33)32-27-30-6-7-38-27)8-17(12-29)25-31-20(14-39-25)19-11-16-10-18(28)3-5-21(16)37-26(19)34/h2-11,14H,13H2,1H3,(H,30,32,33)/b17-8+. The number of anilines is 1. The second-order valence-electron chi connectivity index (χ2n) is 7.92. The van der Waals surface area contributed by atoms with Gasteiger partial charge in [0.1, 0.15) is 16.7 Å². The van der Waals surface area contributed by atoms with Crippen molar-refractivity contribution in [3.8, 4) is 28.8 Å². The molecule has 5 rings (SSSR count). The average molecular weight is 577 g/mol. The van der Waals surface area contributed by atoms with Gasteiger partial charge in [-0.3, -0.25) is 10.1 Å². The van der Waals surface area contributed by atoms with Gasteiger partial charge in [-0.15, -0.1) is 22.7 Å². The Kier molecular flexibility index (Phi) is 7.69. The van der Waals surface area contributed by atoms with Crippen molar-refractivity contribution in [2.45, 2.75) is 0 Å². The lowest BCUT2D eigenvalue weighted by Crippen LogP contribution is -2.20. The number of amides is 1. The summed E-state index contributed by atoms with van der Waals surface area (Å²) in [6.45, 7) is -0.231. The number of aromatic nitrogens is 2. The van der Waals surface area contributed by atoms with E-state index in [-0.39, 0.29) is 23.7 Å². The highest BCUT2D eigenvalue weighted by Gasteiger charge is 2.15. The number of hydrogen-bond donors (Lipinski definition) is 1. The van der Waals surface area contributed by atoms with Crippen LogP contribution >= 0.6 is 34.3 Å². The number of carbonyl (C=O) groups is 1. The second kappa shape index (κ2) is 11.5. The summed E-state index contributed by atoms with van der Waals surface area (Å²) in [7, 11) is 1.48. The number of methoxy groups -OCH3 is 1. The van der Waals surface area contributed by atoms with Crippen LogP contribution in [0.4, 0.5) is 5.13 Å². The molecular weight excluding hydrogens is 560 g/mol. The molecule has 0 fully saturated rings. The zero-order valence-corrected chi connectivity index (χ0v) is 22.5. The van der Waals surface area contributed by atoms with Crippen LogP contribution in [0.1, 0.15) is 10.6 Å². The molecule has 0 unspecified atom stereocenters. The van der Waals surface area contributed by atoms with Gasteiger partial charge in [-0.1, -0.05) is 17.7 Å². The minimum atomic E-state index is -0.537. The summed E-state index contributed by atoms with van der Waals surface area (Å²) in [4.78, 5) is 33.2. The maximum absolute atomic E-state index is 12.6. The highest BCUT2D eigenvalue weighted by molar-refractivity contribution is 7.13. The van der Waals surface area contributed by atoms with Crippen LogP contribution in [0.3, 0.4) is 0 Å². The fourth-order valence-corrected chi connectivity index (χ4v) is 5.09. The number of nitrogens with zero attached hydrogens (tertiary/aromatic N) is 3. The number of benzene rings is 2. The Balaban J connectivity index is 1.36. The summed E-state index contributed by atoms with van der Waals surface area (Å²) in [6, 6.07) is 13.9. The van der Waals surface area contributed by atoms with Crippen LogP contribution in [0.2, 0.25) is 5.02 Å². The van der Waals surface area contributed by atoms with Gasteiger partial charge in [0.05, 0.1) is 23.9 Å². The summed E-state index contributed by atoms with van der Waals surface area (Å²) in [5.41, 5.74) is 1.49. The maximum Gasteiger partial charge on any atom is 0.345 e. The number of fused-ring (bicyclic) bond motifs is 1. The quantitative estimate of drug-likeness (QED) is 0.173. The highest BCUT2D eigenvalue weighted by atomic mass is 35.5. The Morgan fingerprint density at radius 3 is 2.85 bits per heavy atom. The van der Waals surface area contributed by atoms with E-state index >= 15 is 0 Å². The molecule has 194 valence electrons. The molecule has 3 heterocycles. The van der Waals surface area contributed by atoms with E-state index in [0.717, 1.165) is 0 Å².